The van der Waals surface area contributed by atoms with Gasteiger partial charge in [-0.1, -0.05) is 35.9 Å². The summed E-state index contributed by atoms with van der Waals surface area (Å²) in [5.41, 5.74) is 8.80. The van der Waals surface area contributed by atoms with Crippen LogP contribution in [0.1, 0.15) is 48.8 Å². The first-order valence-corrected chi connectivity index (χ1v) is 14.5. The van der Waals surface area contributed by atoms with Crippen LogP contribution < -0.4 is 16.4 Å². The maximum absolute atomic E-state index is 13.6. The SMILES string of the molecule is Cc1cc(NC(=O)[C@H](CCN)NC(=O)[C@@H]2Cc3ccccc3CN2C(=O)CCC(=O)N2CCC[C@H]2C(F)F)ccc1Cl. The van der Waals surface area contributed by atoms with E-state index in [0.717, 1.165) is 21.6 Å². The summed E-state index contributed by atoms with van der Waals surface area (Å²) >= 11 is 6.08. The highest BCUT2D eigenvalue weighted by molar-refractivity contribution is 6.31. The smallest absolute Gasteiger partial charge is 0.258 e. The van der Waals surface area contributed by atoms with Crippen LogP contribution in [0, 0.1) is 6.92 Å². The second-order valence-corrected chi connectivity index (χ2v) is 11.1. The minimum Gasteiger partial charge on any atom is -0.342 e. The molecule has 1 fully saturated rings. The van der Waals surface area contributed by atoms with Gasteiger partial charge in [0.15, 0.2) is 0 Å². The fourth-order valence-electron chi connectivity index (χ4n) is 5.54. The van der Waals surface area contributed by atoms with Crippen LogP contribution in [-0.2, 0) is 32.1 Å². The number of aryl methyl sites for hydroxylation is 1. The molecule has 0 unspecified atom stereocenters. The van der Waals surface area contributed by atoms with E-state index >= 15 is 0 Å². The van der Waals surface area contributed by atoms with Crippen molar-refractivity contribution in [2.24, 2.45) is 5.73 Å². The highest BCUT2D eigenvalue weighted by Crippen LogP contribution is 2.27. The standard InChI is InChI=1S/C30H36ClF2N5O4/c1-18-15-21(8-9-22(18)31)35-29(41)23(12-13-34)36-30(42)25-16-19-5-2-3-6-20(19)17-38(25)27(40)11-10-26(39)37-14-4-7-24(37)28(32)33/h2-3,5-6,8-9,15,23-25,28H,4,7,10-14,16-17,34H2,1H3,(H,35,41)(H,36,42)/t23-,24-,25-/m0/s1. The van der Waals surface area contributed by atoms with Crippen LogP contribution in [0.25, 0.3) is 0 Å². The zero-order valence-electron chi connectivity index (χ0n) is 23.5. The lowest BCUT2D eigenvalue weighted by Crippen LogP contribution is -2.56. The summed E-state index contributed by atoms with van der Waals surface area (Å²) in [6.45, 7) is 2.32. The fourth-order valence-corrected chi connectivity index (χ4v) is 5.66. The Labute approximate surface area is 248 Å². The number of likely N-dealkylation sites (tertiary alicyclic amines) is 1. The van der Waals surface area contributed by atoms with E-state index in [1.165, 1.54) is 4.90 Å². The number of halogens is 3. The van der Waals surface area contributed by atoms with Crippen molar-refractivity contribution in [1.82, 2.24) is 15.1 Å². The molecule has 0 spiro atoms. The van der Waals surface area contributed by atoms with Gasteiger partial charge in [-0.25, -0.2) is 8.78 Å². The number of fused-ring (bicyclic) bond motifs is 1. The van der Waals surface area contributed by atoms with Crippen LogP contribution in [0.5, 0.6) is 0 Å². The number of amides is 4. The number of carbonyl (C=O) groups excluding carboxylic acids is 4. The van der Waals surface area contributed by atoms with Crippen LogP contribution in [0.2, 0.25) is 5.02 Å². The summed E-state index contributed by atoms with van der Waals surface area (Å²) in [5.74, 6) is -1.93. The van der Waals surface area contributed by atoms with Gasteiger partial charge in [0, 0.05) is 43.1 Å². The van der Waals surface area contributed by atoms with Crippen molar-refractivity contribution in [2.75, 3.05) is 18.4 Å². The molecule has 0 aromatic heterocycles. The Morgan fingerprint density at radius 2 is 1.74 bits per heavy atom. The molecule has 0 bridgehead atoms. The van der Waals surface area contributed by atoms with Crippen molar-refractivity contribution in [1.29, 1.82) is 0 Å². The Bertz CT molecular complexity index is 1330. The zero-order valence-corrected chi connectivity index (χ0v) is 24.2. The number of carbonyl (C=O) groups is 4. The topological polar surface area (TPSA) is 125 Å². The van der Waals surface area contributed by atoms with Crippen molar-refractivity contribution in [3.05, 3.63) is 64.2 Å². The second-order valence-electron chi connectivity index (χ2n) is 10.7. The molecule has 4 N–H and O–H groups in total. The number of hydrogen-bond donors (Lipinski definition) is 3. The molecule has 2 aliphatic heterocycles. The third-order valence-corrected chi connectivity index (χ3v) is 8.27. The molecule has 2 aromatic rings. The number of hydrogen-bond acceptors (Lipinski definition) is 5. The van der Waals surface area contributed by atoms with Crippen LogP contribution in [0.4, 0.5) is 14.5 Å². The number of nitrogens with one attached hydrogen (secondary N) is 2. The van der Waals surface area contributed by atoms with E-state index in [0.29, 0.717) is 17.1 Å². The molecule has 4 rings (SSSR count). The van der Waals surface area contributed by atoms with Crippen molar-refractivity contribution in [2.45, 2.75) is 76.5 Å². The van der Waals surface area contributed by atoms with E-state index in [1.54, 1.807) is 25.1 Å². The lowest BCUT2D eigenvalue weighted by Gasteiger charge is -2.37. The highest BCUT2D eigenvalue weighted by atomic mass is 35.5. The van der Waals surface area contributed by atoms with Gasteiger partial charge >= 0.3 is 0 Å². The minimum absolute atomic E-state index is 0.131. The normalized spacial score (nSPS) is 18.9. The minimum atomic E-state index is -2.64. The summed E-state index contributed by atoms with van der Waals surface area (Å²) in [7, 11) is 0. The highest BCUT2D eigenvalue weighted by Gasteiger charge is 2.38. The van der Waals surface area contributed by atoms with Gasteiger partial charge in [-0.3, -0.25) is 19.2 Å². The summed E-state index contributed by atoms with van der Waals surface area (Å²) < 4.78 is 26.7. The first-order chi connectivity index (χ1) is 20.1. The number of rotatable bonds is 10. The fraction of sp³-hybridized carbons (Fsp3) is 0.467. The van der Waals surface area contributed by atoms with E-state index in [9.17, 15) is 28.0 Å². The molecule has 226 valence electrons. The largest absolute Gasteiger partial charge is 0.342 e. The third kappa shape index (κ3) is 7.43. The molecular weight excluding hydrogens is 568 g/mol. The van der Waals surface area contributed by atoms with E-state index in [-0.39, 0.29) is 51.7 Å². The molecule has 9 nitrogen and oxygen atoms in total. The zero-order chi connectivity index (χ0) is 30.4. The average Bonchev–Trinajstić information content (AvgIpc) is 3.47. The first-order valence-electron chi connectivity index (χ1n) is 14.1. The molecule has 12 heteroatoms. The predicted octanol–water partition coefficient (Wildman–Crippen LogP) is 3.41. The molecule has 3 atom stereocenters. The molecule has 0 saturated carbocycles. The van der Waals surface area contributed by atoms with Gasteiger partial charge in [0.25, 0.3) is 6.43 Å². The number of alkyl halides is 2. The number of benzene rings is 2. The monoisotopic (exact) mass is 603 g/mol. The molecule has 2 aromatic carbocycles. The van der Waals surface area contributed by atoms with E-state index in [4.69, 9.17) is 17.3 Å². The van der Waals surface area contributed by atoms with Crippen LogP contribution in [-0.4, -0.2) is 71.1 Å². The molecule has 4 amide bonds. The predicted molar refractivity (Wildman–Crippen MR) is 155 cm³/mol. The maximum atomic E-state index is 13.6. The summed E-state index contributed by atoms with van der Waals surface area (Å²) in [6.07, 6.45) is -1.98. The molecule has 2 heterocycles. The van der Waals surface area contributed by atoms with Gasteiger partial charge < -0.3 is 26.2 Å². The number of nitrogens with zero attached hydrogens (tertiary/aromatic N) is 2. The molecule has 0 radical (unpaired) electrons. The Morgan fingerprint density at radius 1 is 1.05 bits per heavy atom. The maximum Gasteiger partial charge on any atom is 0.258 e. The summed E-state index contributed by atoms with van der Waals surface area (Å²) in [5, 5.41) is 6.10. The Hall–Kier alpha value is -3.57. The van der Waals surface area contributed by atoms with Gasteiger partial charge in [0.05, 0.1) is 6.04 Å². The van der Waals surface area contributed by atoms with Crippen LogP contribution >= 0.6 is 11.6 Å². The van der Waals surface area contributed by atoms with Gasteiger partial charge in [0.2, 0.25) is 23.6 Å². The van der Waals surface area contributed by atoms with Crippen molar-refractivity contribution < 1.29 is 28.0 Å². The molecule has 1 saturated heterocycles. The van der Waals surface area contributed by atoms with Crippen LogP contribution in [0.15, 0.2) is 42.5 Å². The summed E-state index contributed by atoms with van der Waals surface area (Å²) in [4.78, 5) is 55.4. The lowest BCUT2D eigenvalue weighted by atomic mass is 9.92. The number of anilines is 1. The van der Waals surface area contributed by atoms with E-state index in [2.05, 4.69) is 10.6 Å². The second kappa shape index (κ2) is 14.1. The van der Waals surface area contributed by atoms with Gasteiger partial charge in [-0.2, -0.15) is 0 Å². The Morgan fingerprint density at radius 3 is 2.40 bits per heavy atom. The van der Waals surface area contributed by atoms with Gasteiger partial charge in [-0.05, 0) is 67.6 Å². The lowest BCUT2D eigenvalue weighted by molar-refractivity contribution is -0.144. The molecule has 42 heavy (non-hydrogen) atoms. The molecular formula is C30H36ClF2N5O4. The van der Waals surface area contributed by atoms with Crippen LogP contribution in [0.3, 0.4) is 0 Å². The summed E-state index contributed by atoms with van der Waals surface area (Å²) in [6, 6.07) is 9.43. The van der Waals surface area contributed by atoms with Gasteiger partial charge in [-0.15, -0.1) is 0 Å². The average molecular weight is 604 g/mol. The van der Waals surface area contributed by atoms with Crippen molar-refractivity contribution in [3.8, 4) is 0 Å². The van der Waals surface area contributed by atoms with E-state index in [1.807, 2.05) is 24.3 Å². The van der Waals surface area contributed by atoms with Crippen molar-refractivity contribution >= 4 is 40.9 Å². The molecule has 2 aliphatic rings. The third-order valence-electron chi connectivity index (χ3n) is 7.85. The van der Waals surface area contributed by atoms with Crippen molar-refractivity contribution in [3.63, 3.8) is 0 Å². The van der Waals surface area contributed by atoms with E-state index < -0.39 is 48.2 Å². The Kier molecular flexibility index (Phi) is 10.5. The molecule has 0 aliphatic carbocycles. The quantitative estimate of drug-likeness (QED) is 0.384. The first kappa shape index (κ1) is 31.4. The van der Waals surface area contributed by atoms with Gasteiger partial charge in [0.1, 0.15) is 12.1 Å². The number of nitrogens with two attached hydrogens (primary N) is 1. The Balaban J connectivity index is 1.47.